The van der Waals surface area contributed by atoms with Crippen LogP contribution in [0.25, 0.3) is 83.9 Å². The van der Waals surface area contributed by atoms with E-state index in [0.717, 1.165) is 67.0 Å². The van der Waals surface area contributed by atoms with Crippen LogP contribution in [0.1, 0.15) is 103 Å². The third-order valence-electron chi connectivity index (χ3n) is 13.7. The van der Waals surface area contributed by atoms with Gasteiger partial charge in [0.15, 0.2) is 0 Å². The number of imidazole rings is 1. The first kappa shape index (κ1) is 38.3. The van der Waals surface area contributed by atoms with Gasteiger partial charge in [0.1, 0.15) is 11.6 Å². The van der Waals surface area contributed by atoms with E-state index in [0.29, 0.717) is 28.0 Å². The summed E-state index contributed by atoms with van der Waals surface area (Å²) in [4.78, 5) is 10.5. The van der Waals surface area contributed by atoms with Gasteiger partial charge in [0.2, 0.25) is 0 Å². The number of aromatic nitrogens is 3. The molecule has 0 amide bonds. The summed E-state index contributed by atoms with van der Waals surface area (Å²) in [6.45, 7) is 16.4. The Morgan fingerprint density at radius 3 is 1.89 bits per heavy atom. The maximum absolute atomic E-state index is 12.5. The average Bonchev–Trinajstić information content (AvgIpc) is 3.72. The number of hydrogen-bond acceptors (Lipinski definition) is 3. The zero-order valence-corrected chi connectivity index (χ0v) is 39.5. The molecule has 0 unspecified atom stereocenters. The van der Waals surface area contributed by atoms with Crippen LogP contribution in [0.4, 0.5) is 0 Å². The SMILES string of the molecule is [2H]C([2H])([2H])c1ccc(-c2ccnc(-c3cc(-c4ccccc4)cc(-c4cccc5c4nc(-c4cc(C([2H])(C)C)cc(C([2H])(C)C)c4O)n5-c4ccc(C(C)(C)C(C)(C)C)cc4-c4ccccc4)c3)c2)cc1. The fraction of sp³-hybridized carbons (Fsp3) is 0.226. The highest BCUT2D eigenvalue weighted by Gasteiger charge is 2.35. The van der Waals surface area contributed by atoms with Crippen LogP contribution in [0.15, 0.2) is 170 Å². The number of fused-ring (bicyclic) bond motifs is 1. The van der Waals surface area contributed by atoms with E-state index in [1.165, 1.54) is 5.56 Å². The molecule has 0 saturated heterocycles. The van der Waals surface area contributed by atoms with Gasteiger partial charge in [-0.1, -0.05) is 177 Å². The van der Waals surface area contributed by atoms with Crippen molar-refractivity contribution in [2.45, 2.75) is 86.4 Å². The second kappa shape index (κ2) is 17.4. The highest BCUT2D eigenvalue weighted by molar-refractivity contribution is 5.98. The molecule has 0 bridgehead atoms. The zero-order valence-electron chi connectivity index (χ0n) is 44.5. The number of phenolic OH excluding ortho intramolecular Hbond substituents is 1. The Morgan fingerprint density at radius 1 is 0.561 bits per heavy atom. The summed E-state index contributed by atoms with van der Waals surface area (Å²) in [5.74, 6) is -1.81. The number of nitrogens with zero attached hydrogens (tertiary/aromatic N) is 3. The van der Waals surface area contributed by atoms with Gasteiger partial charge in [0.05, 0.1) is 28.0 Å². The molecule has 9 aromatic rings. The lowest BCUT2D eigenvalue weighted by Crippen LogP contribution is -2.34. The number of rotatable bonds is 10. The second-order valence-corrected chi connectivity index (χ2v) is 19.5. The number of aryl methyl sites for hydroxylation is 1. The standard InChI is InChI=1S/C62H61N3O/c1-39(2)46-35-52(40(3)4)59(66)54(36-46)60-64-58-51(22-17-23-57(58)65(60)56-29-28-50(62(9,10)61(6,7)8)38-53(56)44-20-15-12-16-21-44)48-32-47(42-18-13-11-14-19-42)33-49(34-48)55-37-45(30-31-63-55)43-26-24-41(5)25-27-43/h11-40,66H,1-10H3/i5D3,39D,40D. The van der Waals surface area contributed by atoms with Gasteiger partial charge < -0.3 is 5.11 Å². The second-order valence-electron chi connectivity index (χ2n) is 19.5. The minimum absolute atomic E-state index is 0.0461. The largest absolute Gasteiger partial charge is 0.507 e. The van der Waals surface area contributed by atoms with Crippen LogP contribution in [-0.4, -0.2) is 19.6 Å². The lowest BCUT2D eigenvalue weighted by molar-refractivity contribution is 0.225. The highest BCUT2D eigenvalue weighted by atomic mass is 16.3. The smallest absolute Gasteiger partial charge is 0.149 e. The number of phenols is 1. The summed E-state index contributed by atoms with van der Waals surface area (Å²) in [5, 5.41) is 12.5. The van der Waals surface area contributed by atoms with Crippen LogP contribution in [0.5, 0.6) is 5.75 Å². The van der Waals surface area contributed by atoms with Gasteiger partial charge in [0.25, 0.3) is 0 Å². The third kappa shape index (κ3) is 8.26. The van der Waals surface area contributed by atoms with Crippen LogP contribution in [-0.2, 0) is 5.41 Å². The van der Waals surface area contributed by atoms with E-state index in [9.17, 15) is 7.85 Å². The van der Waals surface area contributed by atoms with Gasteiger partial charge >= 0.3 is 0 Å². The molecule has 4 heteroatoms. The molecule has 1 N–H and O–H groups in total. The van der Waals surface area contributed by atoms with Crippen molar-refractivity contribution in [1.29, 1.82) is 0 Å². The van der Waals surface area contributed by atoms with E-state index < -0.39 is 18.6 Å². The van der Waals surface area contributed by atoms with Crippen molar-refractivity contribution in [2.75, 3.05) is 0 Å². The van der Waals surface area contributed by atoms with Crippen LogP contribution < -0.4 is 0 Å². The molecule has 0 aliphatic heterocycles. The molecule has 2 heterocycles. The number of benzene rings is 7. The van der Waals surface area contributed by atoms with Crippen molar-refractivity contribution >= 4 is 11.0 Å². The first-order valence-electron chi connectivity index (χ1n) is 25.3. The molecule has 66 heavy (non-hydrogen) atoms. The molecule has 2 aromatic heterocycles. The number of para-hydroxylation sites is 1. The van der Waals surface area contributed by atoms with Crippen LogP contribution in [0.2, 0.25) is 0 Å². The average molecular weight is 869 g/mol. The van der Waals surface area contributed by atoms with Crippen molar-refractivity contribution in [3.8, 4) is 78.6 Å². The maximum Gasteiger partial charge on any atom is 0.149 e. The highest BCUT2D eigenvalue weighted by Crippen LogP contribution is 2.47. The first-order valence-corrected chi connectivity index (χ1v) is 22.8. The van der Waals surface area contributed by atoms with Crippen molar-refractivity contribution in [1.82, 2.24) is 14.5 Å². The molecule has 330 valence electrons. The molecular formula is C62H61N3O. The first-order chi connectivity index (χ1) is 33.4. The summed E-state index contributed by atoms with van der Waals surface area (Å²) in [6.07, 6.45) is 1.79. The molecule has 7 aromatic carbocycles. The Hall–Kier alpha value is -7.04. The summed E-state index contributed by atoms with van der Waals surface area (Å²) in [5.41, 5.74) is 14.3. The normalized spacial score (nSPS) is 13.7. The third-order valence-corrected chi connectivity index (χ3v) is 13.7. The molecule has 0 aliphatic rings. The van der Waals surface area contributed by atoms with Crippen molar-refractivity contribution < 1.29 is 12.0 Å². The number of hydrogen-bond donors (Lipinski definition) is 1. The lowest BCUT2D eigenvalue weighted by atomic mass is 9.65. The maximum atomic E-state index is 12.5. The molecule has 0 radical (unpaired) electrons. The van der Waals surface area contributed by atoms with Crippen molar-refractivity contribution in [3.05, 3.63) is 192 Å². The van der Waals surface area contributed by atoms with E-state index in [4.69, 9.17) is 14.1 Å². The minimum Gasteiger partial charge on any atom is -0.507 e. The van der Waals surface area contributed by atoms with Crippen molar-refractivity contribution in [2.24, 2.45) is 5.41 Å². The molecular weight excluding hydrogens is 803 g/mol. The Morgan fingerprint density at radius 2 is 1.23 bits per heavy atom. The fourth-order valence-electron chi connectivity index (χ4n) is 8.79. The zero-order chi connectivity index (χ0) is 50.8. The Balaban J connectivity index is 1.34. The van der Waals surface area contributed by atoms with Gasteiger partial charge in [-0.25, -0.2) is 4.98 Å². The quantitative estimate of drug-likeness (QED) is 0.149. The molecule has 0 saturated carbocycles. The fourth-order valence-corrected chi connectivity index (χ4v) is 8.79. The summed E-state index contributed by atoms with van der Waals surface area (Å²) in [6, 6.07) is 54.7. The molecule has 0 fully saturated rings. The predicted molar refractivity (Wildman–Crippen MR) is 279 cm³/mol. The molecule has 9 rings (SSSR count). The van der Waals surface area contributed by atoms with Gasteiger partial charge in [-0.2, -0.15) is 0 Å². The van der Waals surface area contributed by atoms with E-state index in [1.54, 1.807) is 38.2 Å². The van der Waals surface area contributed by atoms with E-state index in [-0.39, 0.29) is 22.1 Å². The molecule has 0 atom stereocenters. The van der Waals surface area contributed by atoms with Crippen LogP contribution in [0, 0.1) is 12.3 Å². The molecule has 0 aliphatic carbocycles. The van der Waals surface area contributed by atoms with E-state index >= 15 is 0 Å². The van der Waals surface area contributed by atoms with Gasteiger partial charge in [0, 0.05) is 29.7 Å². The Kier molecular flexibility index (Phi) is 10.1. The molecule has 0 spiro atoms. The van der Waals surface area contributed by atoms with Crippen LogP contribution in [0.3, 0.4) is 0 Å². The minimum atomic E-state index is -2.20. The summed E-state index contributed by atoms with van der Waals surface area (Å²) in [7, 11) is 0. The Bertz CT molecular complexity index is 3430. The predicted octanol–water partition coefficient (Wildman–Crippen LogP) is 17.0. The summed E-state index contributed by atoms with van der Waals surface area (Å²) < 4.78 is 44.3. The van der Waals surface area contributed by atoms with Gasteiger partial charge in [-0.05, 0) is 134 Å². The van der Waals surface area contributed by atoms with Crippen molar-refractivity contribution in [3.63, 3.8) is 0 Å². The lowest BCUT2D eigenvalue weighted by Gasteiger charge is -2.40. The van der Waals surface area contributed by atoms with E-state index in [2.05, 4.69) is 130 Å². The van der Waals surface area contributed by atoms with Crippen LogP contribution >= 0.6 is 0 Å². The number of pyridine rings is 1. The van der Waals surface area contributed by atoms with E-state index in [1.807, 2.05) is 68.4 Å². The number of aromatic hydroxyl groups is 1. The topological polar surface area (TPSA) is 50.9 Å². The Labute approximate surface area is 398 Å². The molecule has 4 nitrogen and oxygen atoms in total. The van der Waals surface area contributed by atoms with Gasteiger partial charge in [-0.15, -0.1) is 0 Å². The monoisotopic (exact) mass is 869 g/mol. The summed E-state index contributed by atoms with van der Waals surface area (Å²) >= 11 is 0. The van der Waals surface area contributed by atoms with Gasteiger partial charge in [-0.3, -0.25) is 9.55 Å².